The van der Waals surface area contributed by atoms with Crippen LogP contribution in [0.15, 0.2) is 82.0 Å². The van der Waals surface area contributed by atoms with E-state index in [2.05, 4.69) is 23.5 Å². The van der Waals surface area contributed by atoms with Crippen LogP contribution >= 0.6 is 11.8 Å². The number of carbonyl (C=O) groups excluding carboxylic acids is 2. The highest BCUT2D eigenvalue weighted by atomic mass is 32.2. The molecule has 7 heteroatoms. The van der Waals surface area contributed by atoms with Crippen LogP contribution in [0, 0.1) is 6.92 Å². The minimum atomic E-state index is -0.392. The molecule has 2 aliphatic heterocycles. The number of allylic oxidation sites excluding steroid dienone is 1. The third-order valence-electron chi connectivity index (χ3n) is 6.14. The van der Waals surface area contributed by atoms with E-state index in [-0.39, 0.29) is 12.3 Å². The molecule has 0 saturated heterocycles. The molecule has 0 spiro atoms. The Morgan fingerprint density at radius 2 is 1.94 bits per heavy atom. The molecule has 2 aliphatic rings. The van der Waals surface area contributed by atoms with Crippen LogP contribution in [0.1, 0.15) is 48.9 Å². The summed E-state index contributed by atoms with van der Waals surface area (Å²) in [5.74, 6) is -0.434. The Balaban J connectivity index is 1.51. The highest BCUT2D eigenvalue weighted by Gasteiger charge is 2.41. The average molecular weight is 490 g/mol. The Bertz CT molecular complexity index is 1190. The Morgan fingerprint density at radius 1 is 1.14 bits per heavy atom. The number of hydrogen-bond donors (Lipinski definition) is 1. The molecule has 2 heterocycles. The zero-order chi connectivity index (χ0) is 24.8. The number of ether oxygens (including phenoxy) is 1. The lowest BCUT2D eigenvalue weighted by atomic mass is 9.92. The van der Waals surface area contributed by atoms with Crippen LogP contribution in [0.2, 0.25) is 0 Å². The Labute approximate surface area is 211 Å². The number of thioether (sulfide) groups is 1. The number of aryl methyl sites for hydroxylation is 2. The fraction of sp³-hybridized carbons (Fsp3) is 0.321. The third-order valence-corrected chi connectivity index (χ3v) is 7.02. The van der Waals surface area contributed by atoms with Gasteiger partial charge in [-0.3, -0.25) is 4.79 Å². The molecule has 0 aliphatic carbocycles. The minimum absolute atomic E-state index is 0.0426. The van der Waals surface area contributed by atoms with Crippen LogP contribution in [0.3, 0.4) is 0 Å². The van der Waals surface area contributed by atoms with E-state index in [1.165, 1.54) is 24.4 Å². The van der Waals surface area contributed by atoms with Gasteiger partial charge in [0.25, 0.3) is 0 Å². The van der Waals surface area contributed by atoms with Crippen LogP contribution in [0.25, 0.3) is 0 Å². The number of fused-ring (bicyclic) bond motifs is 1. The lowest BCUT2D eigenvalue weighted by Crippen LogP contribution is -2.38. The number of nitrogens with zero attached hydrogens (tertiary/aromatic N) is 2. The number of carbonyl (C=O) groups is 2. The SMILES string of the molecule is CCC1=C(C(=O)OC)[C@H](c2cccc(C)c2)N2C(CC(=O)NCCCc3ccccc3)=CSC2=N1. The first-order valence-electron chi connectivity index (χ1n) is 11.9. The molecule has 0 bridgehead atoms. The first kappa shape index (κ1) is 24.8. The lowest BCUT2D eigenvalue weighted by molar-refractivity contribution is -0.136. The van der Waals surface area contributed by atoms with Gasteiger partial charge in [0.15, 0.2) is 5.17 Å². The van der Waals surface area contributed by atoms with Crippen molar-refractivity contribution in [2.75, 3.05) is 13.7 Å². The number of amides is 1. The first-order valence-corrected chi connectivity index (χ1v) is 12.8. The van der Waals surface area contributed by atoms with Crippen LogP contribution in [0.5, 0.6) is 0 Å². The Hall–Kier alpha value is -3.32. The fourth-order valence-corrected chi connectivity index (χ4v) is 5.40. The fourth-order valence-electron chi connectivity index (χ4n) is 4.46. The summed E-state index contributed by atoms with van der Waals surface area (Å²) in [5, 5.41) is 5.80. The number of benzene rings is 2. The number of amidine groups is 1. The quantitative estimate of drug-likeness (QED) is 0.384. The molecule has 0 aromatic heterocycles. The summed E-state index contributed by atoms with van der Waals surface area (Å²) in [6.45, 7) is 4.63. The van der Waals surface area contributed by atoms with Gasteiger partial charge < -0.3 is 15.0 Å². The minimum Gasteiger partial charge on any atom is -0.466 e. The summed E-state index contributed by atoms with van der Waals surface area (Å²) >= 11 is 1.49. The van der Waals surface area contributed by atoms with E-state index >= 15 is 0 Å². The number of esters is 1. The van der Waals surface area contributed by atoms with Gasteiger partial charge in [0.2, 0.25) is 5.91 Å². The molecule has 2 aromatic carbocycles. The van der Waals surface area contributed by atoms with Crippen LogP contribution in [0.4, 0.5) is 0 Å². The smallest absolute Gasteiger partial charge is 0.338 e. The number of nitrogens with one attached hydrogen (secondary N) is 1. The molecule has 1 amide bonds. The molecule has 0 radical (unpaired) electrons. The van der Waals surface area contributed by atoms with Gasteiger partial charge in [0.1, 0.15) is 0 Å². The second-order valence-corrected chi connectivity index (χ2v) is 9.47. The van der Waals surface area contributed by atoms with Gasteiger partial charge in [0.05, 0.1) is 30.8 Å². The summed E-state index contributed by atoms with van der Waals surface area (Å²) in [4.78, 5) is 32.6. The van der Waals surface area contributed by atoms with Gasteiger partial charge in [-0.15, -0.1) is 0 Å². The Kier molecular flexibility index (Phi) is 8.08. The lowest BCUT2D eigenvalue weighted by Gasteiger charge is -2.36. The van der Waals surface area contributed by atoms with E-state index < -0.39 is 12.0 Å². The molecular weight excluding hydrogens is 458 g/mol. The molecule has 1 atom stereocenters. The number of aliphatic imine (C=N–C) groups is 1. The maximum Gasteiger partial charge on any atom is 0.338 e. The summed E-state index contributed by atoms with van der Waals surface area (Å²) in [6, 6.07) is 18.0. The van der Waals surface area contributed by atoms with Crippen molar-refractivity contribution in [3.05, 3.63) is 93.7 Å². The van der Waals surface area contributed by atoms with Crippen molar-refractivity contribution in [2.24, 2.45) is 4.99 Å². The molecule has 1 N–H and O–H groups in total. The normalized spacial score (nSPS) is 17.0. The van der Waals surface area contributed by atoms with Gasteiger partial charge in [-0.1, -0.05) is 78.8 Å². The molecule has 0 unspecified atom stereocenters. The van der Waals surface area contributed by atoms with Crippen LogP contribution in [-0.2, 0) is 20.7 Å². The van der Waals surface area contributed by atoms with Gasteiger partial charge in [-0.25, -0.2) is 9.79 Å². The van der Waals surface area contributed by atoms with E-state index in [0.29, 0.717) is 18.5 Å². The van der Waals surface area contributed by atoms with Crippen molar-refractivity contribution < 1.29 is 14.3 Å². The summed E-state index contributed by atoms with van der Waals surface area (Å²) in [6.07, 6.45) is 2.63. The molecule has 182 valence electrons. The van der Waals surface area contributed by atoms with Gasteiger partial charge in [0, 0.05) is 12.2 Å². The standard InChI is InChI=1S/C28H31N3O3S/c1-4-23-25(27(33)34-3)26(21-14-8-10-19(2)16-21)31-22(18-35-28(31)30-23)17-24(32)29-15-9-13-20-11-6-5-7-12-20/h5-8,10-12,14,16,18,26H,4,9,13,15,17H2,1-3H3,(H,29,32)/t26-/m0/s1. The molecule has 0 fully saturated rings. The second kappa shape index (κ2) is 11.4. The predicted octanol–water partition coefficient (Wildman–Crippen LogP) is 5.27. The highest BCUT2D eigenvalue weighted by Crippen LogP contribution is 2.45. The highest BCUT2D eigenvalue weighted by molar-refractivity contribution is 8.16. The first-order chi connectivity index (χ1) is 17.0. The predicted molar refractivity (Wildman–Crippen MR) is 141 cm³/mol. The maximum absolute atomic E-state index is 12.9. The molecule has 35 heavy (non-hydrogen) atoms. The molecule has 2 aromatic rings. The van der Waals surface area contributed by atoms with E-state index in [9.17, 15) is 9.59 Å². The monoisotopic (exact) mass is 489 g/mol. The number of methoxy groups -OCH3 is 1. The van der Waals surface area contributed by atoms with E-state index in [4.69, 9.17) is 9.73 Å². The largest absolute Gasteiger partial charge is 0.466 e. The Morgan fingerprint density at radius 3 is 2.66 bits per heavy atom. The molecule has 6 nitrogen and oxygen atoms in total. The van der Waals surface area contributed by atoms with Gasteiger partial charge in [-0.2, -0.15) is 0 Å². The molecule has 4 rings (SSSR count). The average Bonchev–Trinajstić information content (AvgIpc) is 3.27. The van der Waals surface area contributed by atoms with Crippen molar-refractivity contribution in [2.45, 2.75) is 45.6 Å². The zero-order valence-corrected chi connectivity index (χ0v) is 21.2. The third kappa shape index (κ3) is 5.68. The van der Waals surface area contributed by atoms with Crippen molar-refractivity contribution in [1.82, 2.24) is 10.2 Å². The van der Waals surface area contributed by atoms with E-state index in [0.717, 1.165) is 40.5 Å². The van der Waals surface area contributed by atoms with Crippen molar-refractivity contribution >= 4 is 28.8 Å². The number of hydrogen-bond acceptors (Lipinski definition) is 6. The summed E-state index contributed by atoms with van der Waals surface area (Å²) < 4.78 is 5.17. The summed E-state index contributed by atoms with van der Waals surface area (Å²) in [5.41, 5.74) is 5.42. The van der Waals surface area contributed by atoms with Crippen molar-refractivity contribution in [1.29, 1.82) is 0 Å². The topological polar surface area (TPSA) is 71.0 Å². The zero-order valence-electron chi connectivity index (χ0n) is 20.4. The van der Waals surface area contributed by atoms with Crippen LogP contribution in [-0.4, -0.2) is 35.6 Å². The van der Waals surface area contributed by atoms with Crippen LogP contribution < -0.4 is 5.32 Å². The van der Waals surface area contributed by atoms with E-state index in [1.807, 2.05) is 60.6 Å². The van der Waals surface area contributed by atoms with Gasteiger partial charge in [-0.05, 0) is 42.7 Å². The van der Waals surface area contributed by atoms with Gasteiger partial charge >= 0.3 is 5.97 Å². The maximum atomic E-state index is 12.9. The summed E-state index contributed by atoms with van der Waals surface area (Å²) in [7, 11) is 1.40. The second-order valence-electron chi connectivity index (χ2n) is 8.63. The van der Waals surface area contributed by atoms with Crippen molar-refractivity contribution in [3.8, 4) is 0 Å². The van der Waals surface area contributed by atoms with E-state index in [1.54, 1.807) is 0 Å². The molecular formula is C28H31N3O3S. The molecule has 0 saturated carbocycles. The number of rotatable bonds is 9. The van der Waals surface area contributed by atoms with Crippen molar-refractivity contribution in [3.63, 3.8) is 0 Å².